The number of hydrogen-bond donors (Lipinski definition) is 1. The maximum atomic E-state index is 10.9. The zero-order chi connectivity index (χ0) is 12.4. The first-order chi connectivity index (χ1) is 8.04. The molecule has 0 saturated carbocycles. The summed E-state index contributed by atoms with van der Waals surface area (Å²) in [7, 11) is 1.77. The molecule has 2 rings (SSSR count). The molecule has 1 aromatic heterocycles. The summed E-state index contributed by atoms with van der Waals surface area (Å²) in [4.78, 5) is 10.9. The number of rotatable bonds is 3. The molecule has 0 fully saturated rings. The van der Waals surface area contributed by atoms with Gasteiger partial charge in [0.1, 0.15) is 5.75 Å². The van der Waals surface area contributed by atoms with Gasteiger partial charge in [-0.2, -0.15) is 5.10 Å². The lowest BCUT2D eigenvalue weighted by Gasteiger charge is -2.04. The van der Waals surface area contributed by atoms with Crippen LogP contribution in [0.25, 0.3) is 0 Å². The van der Waals surface area contributed by atoms with Crippen molar-refractivity contribution < 1.29 is 14.6 Å². The third-order valence-electron chi connectivity index (χ3n) is 2.04. The molecule has 5 nitrogen and oxygen atoms in total. The Bertz CT molecular complexity index is 566. The molecule has 0 radical (unpaired) electrons. The van der Waals surface area contributed by atoms with Gasteiger partial charge in [-0.3, -0.25) is 4.68 Å². The maximum Gasteiger partial charge on any atom is 0.335 e. The van der Waals surface area contributed by atoms with Crippen molar-refractivity contribution in [1.82, 2.24) is 9.78 Å². The number of ether oxygens (including phenoxy) is 1. The van der Waals surface area contributed by atoms with Crippen LogP contribution < -0.4 is 4.74 Å². The first-order valence-electron chi connectivity index (χ1n) is 4.75. The van der Waals surface area contributed by atoms with E-state index in [9.17, 15) is 4.79 Å². The number of carboxylic acid groups (broad SMARTS) is 1. The van der Waals surface area contributed by atoms with E-state index < -0.39 is 5.97 Å². The molecule has 0 aliphatic rings. The monoisotopic (exact) mass is 296 g/mol. The molecule has 1 N–H and O–H groups in total. The van der Waals surface area contributed by atoms with Gasteiger partial charge >= 0.3 is 5.97 Å². The molecule has 0 aliphatic heterocycles. The van der Waals surface area contributed by atoms with Gasteiger partial charge in [-0.25, -0.2) is 4.79 Å². The average Bonchev–Trinajstić information content (AvgIpc) is 2.63. The largest absolute Gasteiger partial charge is 0.478 e. The number of carboxylic acids is 1. The Kier molecular flexibility index (Phi) is 3.14. The van der Waals surface area contributed by atoms with E-state index in [1.807, 2.05) is 0 Å². The van der Waals surface area contributed by atoms with Crippen molar-refractivity contribution in [2.45, 2.75) is 0 Å². The standard InChI is InChI=1S/C11H9BrN2O3/c1-14-6-10(5-13-14)17-9-3-7(11(15)16)2-8(12)4-9/h2-6H,1H3,(H,15,16). The van der Waals surface area contributed by atoms with Crippen LogP contribution in [0.5, 0.6) is 11.5 Å². The Morgan fingerprint density at radius 2 is 2.18 bits per heavy atom. The first kappa shape index (κ1) is 11.7. The second-order valence-electron chi connectivity index (χ2n) is 3.43. The van der Waals surface area contributed by atoms with E-state index in [1.54, 1.807) is 30.2 Å². The van der Waals surface area contributed by atoms with Crippen LogP contribution in [0.3, 0.4) is 0 Å². The maximum absolute atomic E-state index is 10.9. The molecule has 88 valence electrons. The van der Waals surface area contributed by atoms with Gasteiger partial charge in [0.2, 0.25) is 0 Å². The summed E-state index contributed by atoms with van der Waals surface area (Å²) in [5.41, 5.74) is 0.165. The first-order valence-corrected chi connectivity index (χ1v) is 5.54. The van der Waals surface area contributed by atoms with Gasteiger partial charge in [0.05, 0.1) is 18.0 Å². The lowest BCUT2D eigenvalue weighted by molar-refractivity contribution is 0.0696. The topological polar surface area (TPSA) is 64.3 Å². The zero-order valence-electron chi connectivity index (χ0n) is 8.92. The van der Waals surface area contributed by atoms with E-state index in [2.05, 4.69) is 21.0 Å². The summed E-state index contributed by atoms with van der Waals surface area (Å²) in [6, 6.07) is 4.66. The summed E-state index contributed by atoms with van der Waals surface area (Å²) in [5.74, 6) is 0.00838. The highest BCUT2D eigenvalue weighted by Gasteiger charge is 2.08. The Hall–Kier alpha value is -1.82. The molecule has 0 saturated heterocycles. The second kappa shape index (κ2) is 4.58. The summed E-state index contributed by atoms with van der Waals surface area (Å²) in [6.07, 6.45) is 3.25. The van der Waals surface area contributed by atoms with Crippen molar-refractivity contribution >= 4 is 21.9 Å². The minimum Gasteiger partial charge on any atom is -0.478 e. The lowest BCUT2D eigenvalue weighted by Crippen LogP contribution is -1.96. The Labute approximate surface area is 106 Å². The van der Waals surface area contributed by atoms with Gasteiger partial charge < -0.3 is 9.84 Å². The Morgan fingerprint density at radius 1 is 1.41 bits per heavy atom. The number of halogens is 1. The van der Waals surface area contributed by atoms with Crippen molar-refractivity contribution in [3.05, 3.63) is 40.6 Å². The molecular formula is C11H9BrN2O3. The van der Waals surface area contributed by atoms with Crippen LogP contribution in [-0.2, 0) is 7.05 Å². The number of nitrogens with zero attached hydrogens (tertiary/aromatic N) is 2. The molecule has 1 aromatic carbocycles. The van der Waals surface area contributed by atoms with Crippen molar-refractivity contribution in [2.75, 3.05) is 0 Å². The zero-order valence-corrected chi connectivity index (χ0v) is 10.5. The van der Waals surface area contributed by atoms with Crippen LogP contribution in [0.1, 0.15) is 10.4 Å². The molecule has 17 heavy (non-hydrogen) atoms. The van der Waals surface area contributed by atoms with E-state index in [0.29, 0.717) is 16.0 Å². The van der Waals surface area contributed by atoms with E-state index >= 15 is 0 Å². The van der Waals surface area contributed by atoms with E-state index in [-0.39, 0.29) is 5.56 Å². The predicted octanol–water partition coefficient (Wildman–Crippen LogP) is 2.67. The molecule has 6 heteroatoms. The summed E-state index contributed by atoms with van der Waals surface area (Å²) in [5, 5.41) is 12.9. The minimum absolute atomic E-state index is 0.165. The third-order valence-corrected chi connectivity index (χ3v) is 2.49. The number of carbonyl (C=O) groups is 1. The summed E-state index contributed by atoms with van der Waals surface area (Å²) in [6.45, 7) is 0. The lowest BCUT2D eigenvalue weighted by atomic mass is 10.2. The molecular weight excluding hydrogens is 288 g/mol. The molecule has 2 aromatic rings. The van der Waals surface area contributed by atoms with E-state index in [1.165, 1.54) is 12.1 Å². The fourth-order valence-electron chi connectivity index (χ4n) is 1.33. The van der Waals surface area contributed by atoms with Gasteiger partial charge in [0, 0.05) is 11.5 Å². The quantitative estimate of drug-likeness (QED) is 0.946. The number of aromatic carboxylic acids is 1. The molecule has 0 spiro atoms. The fraction of sp³-hybridized carbons (Fsp3) is 0.0909. The summed E-state index contributed by atoms with van der Waals surface area (Å²) >= 11 is 3.24. The third kappa shape index (κ3) is 2.85. The number of hydrogen-bond acceptors (Lipinski definition) is 3. The minimum atomic E-state index is -0.998. The highest BCUT2D eigenvalue weighted by Crippen LogP contribution is 2.26. The molecule has 0 unspecified atom stereocenters. The summed E-state index contributed by atoms with van der Waals surface area (Å²) < 4.78 is 7.75. The molecule has 0 atom stereocenters. The van der Waals surface area contributed by atoms with Gasteiger partial charge in [-0.15, -0.1) is 0 Å². The SMILES string of the molecule is Cn1cc(Oc2cc(Br)cc(C(=O)O)c2)cn1. The second-order valence-corrected chi connectivity index (χ2v) is 4.35. The number of aromatic nitrogens is 2. The normalized spacial score (nSPS) is 10.2. The van der Waals surface area contributed by atoms with Crippen LogP contribution in [0.2, 0.25) is 0 Å². The van der Waals surface area contributed by atoms with Gasteiger partial charge in [-0.1, -0.05) is 15.9 Å². The van der Waals surface area contributed by atoms with Crippen LogP contribution >= 0.6 is 15.9 Å². The van der Waals surface area contributed by atoms with Gasteiger partial charge in [-0.05, 0) is 18.2 Å². The average molecular weight is 297 g/mol. The van der Waals surface area contributed by atoms with Gasteiger partial charge in [0.15, 0.2) is 5.75 Å². The van der Waals surface area contributed by atoms with Crippen molar-refractivity contribution in [2.24, 2.45) is 7.05 Å². The van der Waals surface area contributed by atoms with Crippen LogP contribution in [0.15, 0.2) is 35.1 Å². The molecule has 0 amide bonds. The van der Waals surface area contributed by atoms with Crippen molar-refractivity contribution in [3.8, 4) is 11.5 Å². The van der Waals surface area contributed by atoms with Crippen LogP contribution in [-0.4, -0.2) is 20.9 Å². The van der Waals surface area contributed by atoms with Crippen LogP contribution in [0, 0.1) is 0 Å². The van der Waals surface area contributed by atoms with Crippen LogP contribution in [0.4, 0.5) is 0 Å². The number of benzene rings is 1. The smallest absolute Gasteiger partial charge is 0.335 e. The highest BCUT2D eigenvalue weighted by molar-refractivity contribution is 9.10. The number of aryl methyl sites for hydroxylation is 1. The van der Waals surface area contributed by atoms with Crippen molar-refractivity contribution in [1.29, 1.82) is 0 Å². The Morgan fingerprint density at radius 3 is 2.76 bits per heavy atom. The molecule has 0 aliphatic carbocycles. The van der Waals surface area contributed by atoms with Crippen molar-refractivity contribution in [3.63, 3.8) is 0 Å². The molecule has 0 bridgehead atoms. The Balaban J connectivity index is 2.29. The predicted molar refractivity (Wildman–Crippen MR) is 64.4 cm³/mol. The van der Waals surface area contributed by atoms with E-state index in [4.69, 9.17) is 9.84 Å². The molecule has 1 heterocycles. The highest BCUT2D eigenvalue weighted by atomic mass is 79.9. The fourth-order valence-corrected chi connectivity index (χ4v) is 1.80. The van der Waals surface area contributed by atoms with Gasteiger partial charge in [0.25, 0.3) is 0 Å². The van der Waals surface area contributed by atoms with E-state index in [0.717, 1.165) is 0 Å².